The van der Waals surface area contributed by atoms with Crippen molar-refractivity contribution in [1.82, 2.24) is 25.6 Å². The second-order valence-electron chi connectivity index (χ2n) is 11.2. The fraction of sp³-hybridized carbons (Fsp3) is 0.429. The molecule has 2 unspecified atom stereocenters. The predicted octanol–water partition coefficient (Wildman–Crippen LogP) is 3.81. The number of ether oxygens (including phenoxy) is 1. The van der Waals surface area contributed by atoms with Gasteiger partial charge in [-0.25, -0.2) is 14.6 Å². The van der Waals surface area contributed by atoms with Gasteiger partial charge in [0.1, 0.15) is 40.8 Å². The Labute approximate surface area is 270 Å². The van der Waals surface area contributed by atoms with E-state index in [1.165, 1.54) is 36.7 Å². The molecule has 2 aromatic rings. The molecule has 250 valence electrons. The molecule has 0 spiro atoms. The minimum atomic E-state index is -5.37. The second-order valence-corrected chi connectivity index (χ2v) is 12.0. The first kappa shape index (κ1) is 36.2. The number of carbonyl (C=O) groups is 5. The fourth-order valence-corrected chi connectivity index (χ4v) is 5.07. The highest BCUT2D eigenvalue weighted by molar-refractivity contribution is 6.32. The highest BCUT2D eigenvalue weighted by atomic mass is 35.5. The van der Waals surface area contributed by atoms with Crippen LogP contribution in [-0.4, -0.2) is 80.5 Å². The molecule has 18 heteroatoms. The van der Waals surface area contributed by atoms with Crippen molar-refractivity contribution in [3.8, 4) is 5.75 Å². The molecule has 1 aliphatic heterocycles. The van der Waals surface area contributed by atoms with Gasteiger partial charge in [-0.05, 0) is 63.1 Å². The number of benzene rings is 1. The summed E-state index contributed by atoms with van der Waals surface area (Å²) < 4.78 is 43.2. The van der Waals surface area contributed by atoms with Crippen LogP contribution >= 0.6 is 23.2 Å². The summed E-state index contributed by atoms with van der Waals surface area (Å²) in [6.07, 6.45) is -6.87. The number of alkyl halides is 3. The standard InChI is InChI=1S/C28H30Cl2F3N5O8/c1-15(22(40)36-46-24(42)28(31,32)33)37-10-9-27(23(37)41,35-21(39)13-38(25(43)44)26(2,3)4)17-5-7-18(8-6-17)45-14-16-11-19(29)34-20(30)12-16/h5-8,11-12,15H,9-10,13-14H2,1-4H3,(H,35,39)(H,36,40)(H,43,44). The van der Waals surface area contributed by atoms with E-state index in [9.17, 15) is 42.3 Å². The van der Waals surface area contributed by atoms with Crippen LogP contribution < -0.4 is 15.5 Å². The van der Waals surface area contributed by atoms with Gasteiger partial charge < -0.3 is 24.9 Å². The van der Waals surface area contributed by atoms with E-state index in [-0.39, 0.29) is 35.4 Å². The van der Waals surface area contributed by atoms with Gasteiger partial charge in [0.25, 0.3) is 11.8 Å². The summed E-state index contributed by atoms with van der Waals surface area (Å²) in [4.78, 5) is 72.1. The molecule has 1 aromatic carbocycles. The third-order valence-electron chi connectivity index (χ3n) is 6.95. The molecule has 2 atom stereocenters. The zero-order chi connectivity index (χ0) is 34.6. The minimum Gasteiger partial charge on any atom is -0.489 e. The summed E-state index contributed by atoms with van der Waals surface area (Å²) in [6.45, 7) is 5.16. The van der Waals surface area contributed by atoms with E-state index in [4.69, 9.17) is 27.9 Å². The van der Waals surface area contributed by atoms with Gasteiger partial charge >= 0.3 is 18.2 Å². The highest BCUT2D eigenvalue weighted by Gasteiger charge is 2.52. The molecular weight excluding hydrogens is 662 g/mol. The number of halogens is 5. The van der Waals surface area contributed by atoms with Gasteiger partial charge in [-0.3, -0.25) is 19.3 Å². The molecule has 1 aromatic heterocycles. The van der Waals surface area contributed by atoms with Crippen LogP contribution in [0.1, 0.15) is 45.2 Å². The number of aromatic nitrogens is 1. The highest BCUT2D eigenvalue weighted by Crippen LogP contribution is 2.36. The molecular formula is C28H30Cl2F3N5O8. The normalized spacial score (nSPS) is 17.2. The number of carboxylic acid groups (broad SMARTS) is 1. The molecule has 1 aliphatic rings. The zero-order valence-electron chi connectivity index (χ0n) is 24.9. The first-order valence-electron chi connectivity index (χ1n) is 13.5. The summed E-state index contributed by atoms with van der Waals surface area (Å²) in [7, 11) is 0. The number of amides is 4. The number of rotatable bonds is 9. The molecule has 4 amide bonds. The maximum Gasteiger partial charge on any atom is 0.493 e. The lowest BCUT2D eigenvalue weighted by Gasteiger charge is -2.35. The van der Waals surface area contributed by atoms with Gasteiger partial charge in [0.05, 0.1) is 0 Å². The van der Waals surface area contributed by atoms with Gasteiger partial charge in [-0.2, -0.15) is 18.7 Å². The lowest BCUT2D eigenvalue weighted by molar-refractivity contribution is -0.208. The van der Waals surface area contributed by atoms with Crippen molar-refractivity contribution in [3.05, 3.63) is 57.8 Å². The van der Waals surface area contributed by atoms with Crippen LogP contribution in [0.15, 0.2) is 36.4 Å². The van der Waals surface area contributed by atoms with Crippen molar-refractivity contribution in [2.75, 3.05) is 13.1 Å². The molecule has 13 nitrogen and oxygen atoms in total. The molecule has 46 heavy (non-hydrogen) atoms. The van der Waals surface area contributed by atoms with Crippen LogP contribution in [0.5, 0.6) is 5.75 Å². The number of hydrogen-bond donors (Lipinski definition) is 3. The molecule has 1 saturated heterocycles. The number of nitrogens with one attached hydrogen (secondary N) is 2. The fourth-order valence-electron chi connectivity index (χ4n) is 4.56. The van der Waals surface area contributed by atoms with Crippen molar-refractivity contribution in [1.29, 1.82) is 0 Å². The maximum atomic E-state index is 13.9. The van der Waals surface area contributed by atoms with E-state index in [1.807, 2.05) is 0 Å². The van der Waals surface area contributed by atoms with E-state index in [0.29, 0.717) is 11.3 Å². The molecule has 1 fully saturated rings. The van der Waals surface area contributed by atoms with Crippen LogP contribution in [0.4, 0.5) is 18.0 Å². The Bertz CT molecular complexity index is 1480. The average molecular weight is 692 g/mol. The van der Waals surface area contributed by atoms with Gasteiger partial charge in [-0.1, -0.05) is 35.3 Å². The Morgan fingerprint density at radius 2 is 1.70 bits per heavy atom. The molecule has 0 aliphatic carbocycles. The summed E-state index contributed by atoms with van der Waals surface area (Å²) in [5.41, 5.74) is -0.547. The van der Waals surface area contributed by atoms with Crippen molar-refractivity contribution < 1.29 is 51.8 Å². The number of hydrogen-bond acceptors (Lipinski definition) is 8. The third-order valence-corrected chi connectivity index (χ3v) is 7.33. The van der Waals surface area contributed by atoms with Crippen molar-refractivity contribution in [3.63, 3.8) is 0 Å². The second kappa shape index (κ2) is 14.0. The monoisotopic (exact) mass is 691 g/mol. The lowest BCUT2D eigenvalue weighted by Crippen LogP contribution is -2.57. The average Bonchev–Trinajstić information content (AvgIpc) is 3.27. The van der Waals surface area contributed by atoms with Crippen LogP contribution in [-0.2, 0) is 36.2 Å². The van der Waals surface area contributed by atoms with E-state index in [1.54, 1.807) is 32.9 Å². The molecule has 3 N–H and O–H groups in total. The van der Waals surface area contributed by atoms with Crippen molar-refractivity contribution in [2.45, 2.75) is 64.0 Å². The maximum absolute atomic E-state index is 13.9. The Morgan fingerprint density at radius 1 is 1.11 bits per heavy atom. The van der Waals surface area contributed by atoms with Crippen LogP contribution in [0.25, 0.3) is 0 Å². The van der Waals surface area contributed by atoms with Gasteiger partial charge in [-0.15, -0.1) is 0 Å². The van der Waals surface area contributed by atoms with E-state index < -0.39 is 59.6 Å². The van der Waals surface area contributed by atoms with Crippen molar-refractivity contribution in [2.24, 2.45) is 0 Å². The van der Waals surface area contributed by atoms with Crippen LogP contribution in [0.2, 0.25) is 10.3 Å². The first-order chi connectivity index (χ1) is 21.2. The quantitative estimate of drug-likeness (QED) is 0.262. The molecule has 0 bridgehead atoms. The topological polar surface area (TPSA) is 167 Å². The summed E-state index contributed by atoms with van der Waals surface area (Å²) in [5.74, 6) is -5.21. The van der Waals surface area contributed by atoms with Gasteiger partial charge in [0.2, 0.25) is 5.91 Å². The minimum absolute atomic E-state index is 0.0548. The molecule has 2 heterocycles. The summed E-state index contributed by atoms with van der Waals surface area (Å²) in [5, 5.41) is 12.6. The summed E-state index contributed by atoms with van der Waals surface area (Å²) >= 11 is 11.8. The first-order valence-corrected chi connectivity index (χ1v) is 14.3. The zero-order valence-corrected chi connectivity index (χ0v) is 26.4. The summed E-state index contributed by atoms with van der Waals surface area (Å²) in [6, 6.07) is 7.65. The van der Waals surface area contributed by atoms with E-state index in [2.05, 4.69) is 15.1 Å². The Kier molecular flexibility index (Phi) is 11.0. The van der Waals surface area contributed by atoms with Crippen molar-refractivity contribution >= 4 is 53.0 Å². The lowest BCUT2D eigenvalue weighted by atomic mass is 9.87. The Hall–Kier alpha value is -4.31. The van der Waals surface area contributed by atoms with E-state index >= 15 is 0 Å². The van der Waals surface area contributed by atoms with Crippen LogP contribution in [0, 0.1) is 0 Å². The van der Waals surface area contributed by atoms with Gasteiger partial charge in [0.15, 0.2) is 0 Å². The number of likely N-dealkylation sites (tertiary alicyclic amines) is 1. The van der Waals surface area contributed by atoms with Crippen LogP contribution in [0.3, 0.4) is 0 Å². The number of pyridine rings is 1. The SMILES string of the molecule is CC(C(=O)NOC(=O)C(F)(F)F)N1CCC(NC(=O)CN(C(=O)O)C(C)(C)C)(c2ccc(OCc3cc(Cl)nc(Cl)c3)cc2)C1=O. The predicted molar refractivity (Wildman–Crippen MR) is 155 cm³/mol. The Balaban J connectivity index is 1.88. The molecule has 0 radical (unpaired) electrons. The Morgan fingerprint density at radius 3 is 2.22 bits per heavy atom. The molecule has 0 saturated carbocycles. The molecule has 3 rings (SSSR count). The largest absolute Gasteiger partial charge is 0.493 e. The smallest absolute Gasteiger partial charge is 0.489 e. The number of carbonyl (C=O) groups excluding carboxylic acids is 4. The third kappa shape index (κ3) is 8.69. The van der Waals surface area contributed by atoms with Gasteiger partial charge in [0, 0.05) is 18.5 Å². The number of nitrogens with zero attached hydrogens (tertiary/aromatic N) is 3. The number of hydroxylamine groups is 1. The van der Waals surface area contributed by atoms with E-state index in [0.717, 1.165) is 9.80 Å².